The van der Waals surface area contributed by atoms with E-state index in [0.717, 1.165) is 62.7 Å². The van der Waals surface area contributed by atoms with E-state index in [2.05, 4.69) is 43.8 Å². The zero-order chi connectivity index (χ0) is 24.3. The first-order chi connectivity index (χ1) is 16.9. The van der Waals surface area contributed by atoms with Gasteiger partial charge in [-0.3, -0.25) is 9.69 Å². The number of amides is 1. The summed E-state index contributed by atoms with van der Waals surface area (Å²) in [5.41, 5.74) is 4.95. The number of carbonyl (C=O) groups excluding carboxylic acids is 1. The molecule has 1 spiro atoms. The molecule has 6 rings (SSSR count). The first kappa shape index (κ1) is 22.5. The lowest BCUT2D eigenvalue weighted by molar-refractivity contribution is -0.138. The largest absolute Gasteiger partial charge is 0.387 e. The second kappa shape index (κ2) is 8.34. The number of allylic oxidation sites excluding steroid dienone is 3. The molecule has 0 aromatic carbocycles. The number of fused-ring (bicyclic) bond motifs is 2. The Hall–Kier alpha value is -2.91. The zero-order valence-corrected chi connectivity index (χ0v) is 20.5. The monoisotopic (exact) mass is 475 g/mol. The highest BCUT2D eigenvalue weighted by atomic mass is 16.3. The Kier molecular flexibility index (Phi) is 5.37. The number of aliphatic hydroxyl groups excluding tert-OH is 1. The number of pyridine rings is 1. The Bertz CT molecular complexity index is 1190. The SMILES string of the molecule is C=C1CCC(N2CCC3(CC4CCC(C3)N4CC(O)c3ccc(-n4cnnn4)nc3C)C2=O)=C1C. The van der Waals surface area contributed by atoms with Gasteiger partial charge in [0, 0.05) is 42.1 Å². The van der Waals surface area contributed by atoms with Gasteiger partial charge in [0.05, 0.1) is 11.5 Å². The van der Waals surface area contributed by atoms with Gasteiger partial charge in [-0.1, -0.05) is 18.2 Å². The third-order valence-corrected chi connectivity index (χ3v) is 8.93. The van der Waals surface area contributed by atoms with Crippen LogP contribution >= 0.6 is 0 Å². The number of hydrogen-bond acceptors (Lipinski definition) is 7. The van der Waals surface area contributed by atoms with Crippen LogP contribution in [0.4, 0.5) is 0 Å². The fourth-order valence-corrected chi connectivity index (χ4v) is 6.98. The third-order valence-electron chi connectivity index (χ3n) is 8.93. The van der Waals surface area contributed by atoms with Gasteiger partial charge in [0.1, 0.15) is 6.33 Å². The molecule has 0 saturated carbocycles. The molecule has 3 saturated heterocycles. The van der Waals surface area contributed by atoms with Gasteiger partial charge in [-0.25, -0.2) is 4.98 Å². The highest BCUT2D eigenvalue weighted by Gasteiger charge is 2.56. The first-order valence-electron chi connectivity index (χ1n) is 12.7. The van der Waals surface area contributed by atoms with Gasteiger partial charge in [-0.15, -0.1) is 5.10 Å². The molecule has 5 heterocycles. The number of aryl methyl sites for hydroxylation is 1. The molecule has 4 aliphatic rings. The van der Waals surface area contributed by atoms with Gasteiger partial charge in [0.15, 0.2) is 5.82 Å². The topological polar surface area (TPSA) is 100 Å². The average Bonchev–Trinajstić information content (AvgIpc) is 3.60. The van der Waals surface area contributed by atoms with Crippen molar-refractivity contribution in [2.45, 2.75) is 77.0 Å². The quantitative estimate of drug-likeness (QED) is 0.710. The van der Waals surface area contributed by atoms with Gasteiger partial charge in [-0.05, 0) is 80.9 Å². The molecule has 1 N–H and O–H groups in total. The van der Waals surface area contributed by atoms with Crippen molar-refractivity contribution in [3.63, 3.8) is 0 Å². The number of carbonyl (C=O) groups is 1. The van der Waals surface area contributed by atoms with Gasteiger partial charge >= 0.3 is 0 Å². The van der Waals surface area contributed by atoms with Crippen LogP contribution in [-0.4, -0.2) is 71.2 Å². The highest BCUT2D eigenvalue weighted by molar-refractivity contribution is 5.87. The second-order valence-electron chi connectivity index (χ2n) is 10.8. The fourth-order valence-electron chi connectivity index (χ4n) is 6.98. The molecule has 184 valence electrons. The third kappa shape index (κ3) is 3.63. The number of rotatable bonds is 5. The molecular formula is C26H33N7O2. The van der Waals surface area contributed by atoms with E-state index < -0.39 is 6.10 Å². The van der Waals surface area contributed by atoms with Crippen molar-refractivity contribution in [3.8, 4) is 5.82 Å². The Labute approximate surface area is 205 Å². The second-order valence-corrected chi connectivity index (χ2v) is 10.8. The standard InChI is InChI=1S/C26H33N7O2/c1-16-4-8-22(17(16)2)31-11-10-26(25(31)35)12-19-5-6-20(13-26)32(19)14-23(34)21-7-9-24(28-18(21)3)33-15-27-29-30-33/h7,9,15,19-20,23,34H,1,4-6,8,10-14H2,2-3H3. The van der Waals surface area contributed by atoms with Gasteiger partial charge in [0.2, 0.25) is 5.91 Å². The lowest BCUT2D eigenvalue weighted by atomic mass is 9.73. The number of likely N-dealkylation sites (tertiary alicyclic amines) is 1. The molecule has 35 heavy (non-hydrogen) atoms. The van der Waals surface area contributed by atoms with E-state index in [9.17, 15) is 9.90 Å². The molecule has 3 fully saturated rings. The number of tetrazole rings is 1. The van der Waals surface area contributed by atoms with Crippen LogP contribution in [0.25, 0.3) is 5.82 Å². The van der Waals surface area contributed by atoms with Crippen LogP contribution in [0, 0.1) is 12.3 Å². The van der Waals surface area contributed by atoms with E-state index in [1.165, 1.54) is 27.9 Å². The van der Waals surface area contributed by atoms with Crippen LogP contribution in [0.5, 0.6) is 0 Å². The fraction of sp³-hybridized carbons (Fsp3) is 0.577. The molecule has 3 unspecified atom stereocenters. The van der Waals surface area contributed by atoms with Crippen LogP contribution in [0.1, 0.15) is 69.2 Å². The summed E-state index contributed by atoms with van der Waals surface area (Å²) in [7, 11) is 0. The van der Waals surface area contributed by atoms with Crippen molar-refractivity contribution < 1.29 is 9.90 Å². The smallest absolute Gasteiger partial charge is 0.233 e. The molecule has 9 heteroatoms. The normalized spacial score (nSPS) is 29.7. The predicted molar refractivity (Wildman–Crippen MR) is 129 cm³/mol. The summed E-state index contributed by atoms with van der Waals surface area (Å²) in [5.74, 6) is 0.959. The minimum absolute atomic E-state index is 0.241. The summed E-state index contributed by atoms with van der Waals surface area (Å²) in [5, 5.41) is 22.4. The van der Waals surface area contributed by atoms with Gasteiger partial charge < -0.3 is 10.0 Å². The van der Waals surface area contributed by atoms with Crippen LogP contribution < -0.4 is 0 Å². The molecule has 0 radical (unpaired) electrons. The summed E-state index contributed by atoms with van der Waals surface area (Å²) >= 11 is 0. The van der Waals surface area contributed by atoms with E-state index >= 15 is 0 Å². The molecule has 2 aromatic rings. The highest BCUT2D eigenvalue weighted by Crippen LogP contribution is 2.52. The number of nitrogens with zero attached hydrogens (tertiary/aromatic N) is 7. The van der Waals surface area contributed by atoms with Crippen LogP contribution in [0.2, 0.25) is 0 Å². The Morgan fingerprint density at radius 3 is 2.60 bits per heavy atom. The molecule has 9 nitrogen and oxygen atoms in total. The average molecular weight is 476 g/mol. The minimum atomic E-state index is -0.629. The van der Waals surface area contributed by atoms with Crippen molar-refractivity contribution in [2.75, 3.05) is 13.1 Å². The Balaban J connectivity index is 1.16. The molecule has 2 bridgehead atoms. The van der Waals surface area contributed by atoms with Crippen molar-refractivity contribution in [2.24, 2.45) is 5.41 Å². The number of hydrogen-bond donors (Lipinski definition) is 1. The number of aliphatic hydroxyl groups is 1. The number of aromatic nitrogens is 5. The summed E-state index contributed by atoms with van der Waals surface area (Å²) in [6, 6.07) is 4.44. The maximum absolute atomic E-state index is 13.7. The van der Waals surface area contributed by atoms with Crippen molar-refractivity contribution in [3.05, 3.63) is 53.1 Å². The van der Waals surface area contributed by atoms with Crippen molar-refractivity contribution in [1.29, 1.82) is 0 Å². The van der Waals surface area contributed by atoms with E-state index in [-0.39, 0.29) is 5.41 Å². The van der Waals surface area contributed by atoms with E-state index in [0.29, 0.717) is 30.4 Å². The predicted octanol–water partition coefficient (Wildman–Crippen LogP) is 2.87. The first-order valence-corrected chi connectivity index (χ1v) is 12.7. The summed E-state index contributed by atoms with van der Waals surface area (Å²) in [6.45, 7) is 9.59. The Morgan fingerprint density at radius 2 is 1.97 bits per heavy atom. The molecule has 3 aliphatic heterocycles. The minimum Gasteiger partial charge on any atom is -0.387 e. The molecule has 1 aliphatic carbocycles. The zero-order valence-electron chi connectivity index (χ0n) is 20.5. The van der Waals surface area contributed by atoms with Crippen LogP contribution in [0.3, 0.4) is 0 Å². The van der Waals surface area contributed by atoms with E-state index in [1.807, 2.05) is 19.1 Å². The number of piperidine rings is 1. The summed E-state index contributed by atoms with van der Waals surface area (Å²) < 4.78 is 1.51. The maximum Gasteiger partial charge on any atom is 0.233 e. The molecule has 1 amide bonds. The van der Waals surface area contributed by atoms with Gasteiger partial charge in [0.25, 0.3) is 0 Å². The molecular weight excluding hydrogens is 442 g/mol. The van der Waals surface area contributed by atoms with Crippen LogP contribution in [-0.2, 0) is 4.79 Å². The van der Waals surface area contributed by atoms with Crippen molar-refractivity contribution >= 4 is 5.91 Å². The summed E-state index contributed by atoms with van der Waals surface area (Å²) in [6.07, 6.45) is 7.72. The maximum atomic E-state index is 13.7. The lowest BCUT2D eigenvalue weighted by Crippen LogP contribution is -2.51. The van der Waals surface area contributed by atoms with Gasteiger partial charge in [-0.2, -0.15) is 4.68 Å². The van der Waals surface area contributed by atoms with E-state index in [4.69, 9.17) is 0 Å². The molecule has 2 aromatic heterocycles. The van der Waals surface area contributed by atoms with Crippen molar-refractivity contribution in [1.82, 2.24) is 35.0 Å². The molecule has 3 atom stereocenters. The Morgan fingerprint density at radius 1 is 1.20 bits per heavy atom. The summed E-state index contributed by atoms with van der Waals surface area (Å²) in [4.78, 5) is 22.9. The van der Waals surface area contributed by atoms with Crippen LogP contribution in [0.15, 0.2) is 41.9 Å². The lowest BCUT2D eigenvalue weighted by Gasteiger charge is -2.44. The van der Waals surface area contributed by atoms with E-state index in [1.54, 1.807) is 0 Å².